The molecule has 1 aliphatic rings. The fourth-order valence-electron chi connectivity index (χ4n) is 1.63. The topological polar surface area (TPSA) is 87.7 Å². The number of hydrogen-bond donors (Lipinski definition) is 3. The van der Waals surface area contributed by atoms with Gasteiger partial charge in [0.2, 0.25) is 5.91 Å². The van der Waals surface area contributed by atoms with Crippen molar-refractivity contribution in [2.45, 2.75) is 39.2 Å². The predicted octanol–water partition coefficient (Wildman–Crippen LogP) is 0.674. The Morgan fingerprint density at radius 1 is 1.53 bits per heavy atom. The van der Waals surface area contributed by atoms with Gasteiger partial charge >= 0.3 is 0 Å². The molecule has 2 unspecified atom stereocenters. The van der Waals surface area contributed by atoms with Gasteiger partial charge in [-0.1, -0.05) is 11.6 Å². The van der Waals surface area contributed by atoms with E-state index in [-0.39, 0.29) is 17.8 Å². The predicted molar refractivity (Wildman–Crippen MR) is 57.5 cm³/mol. The van der Waals surface area contributed by atoms with Crippen molar-refractivity contribution >= 4 is 11.7 Å². The number of nitrogens with zero attached hydrogens (tertiary/aromatic N) is 1. The van der Waals surface area contributed by atoms with Crippen LogP contribution in [0.3, 0.4) is 0 Å². The summed E-state index contributed by atoms with van der Waals surface area (Å²) in [5.74, 6) is -0.205. The fourth-order valence-corrected chi connectivity index (χ4v) is 1.63. The highest BCUT2D eigenvalue weighted by Crippen LogP contribution is 2.29. The van der Waals surface area contributed by atoms with Crippen molar-refractivity contribution in [2.75, 3.05) is 0 Å². The van der Waals surface area contributed by atoms with Gasteiger partial charge in [0, 0.05) is 6.04 Å². The molecule has 0 heterocycles. The SMILES string of the molecule is CC(C(=O)NC(C)C1CCC1)C(N)=NO. The van der Waals surface area contributed by atoms with E-state index in [2.05, 4.69) is 10.5 Å². The van der Waals surface area contributed by atoms with E-state index in [0.717, 1.165) is 0 Å². The molecule has 2 atom stereocenters. The van der Waals surface area contributed by atoms with Crippen molar-refractivity contribution in [3.05, 3.63) is 0 Å². The first kappa shape index (κ1) is 11.8. The second-order valence-corrected chi connectivity index (χ2v) is 4.23. The molecule has 0 aromatic rings. The molecule has 0 saturated heterocycles. The van der Waals surface area contributed by atoms with E-state index in [0.29, 0.717) is 5.92 Å². The molecule has 0 radical (unpaired) electrons. The van der Waals surface area contributed by atoms with Gasteiger partial charge in [-0.05, 0) is 32.6 Å². The number of oxime groups is 1. The quantitative estimate of drug-likeness (QED) is 0.277. The molecule has 5 heteroatoms. The molecule has 4 N–H and O–H groups in total. The van der Waals surface area contributed by atoms with Crippen molar-refractivity contribution in [3.63, 3.8) is 0 Å². The van der Waals surface area contributed by atoms with Gasteiger partial charge in [0.05, 0.1) is 5.92 Å². The summed E-state index contributed by atoms with van der Waals surface area (Å²) in [6.45, 7) is 3.62. The zero-order valence-corrected chi connectivity index (χ0v) is 9.23. The number of amidine groups is 1. The molecular formula is C10H19N3O2. The minimum absolute atomic E-state index is 0.0479. The first-order valence-electron chi connectivity index (χ1n) is 5.34. The summed E-state index contributed by atoms with van der Waals surface area (Å²) in [5.41, 5.74) is 5.35. The Kier molecular flexibility index (Phi) is 3.94. The zero-order valence-electron chi connectivity index (χ0n) is 9.23. The molecule has 0 aromatic carbocycles. The van der Waals surface area contributed by atoms with E-state index in [1.165, 1.54) is 19.3 Å². The summed E-state index contributed by atoms with van der Waals surface area (Å²) >= 11 is 0. The Bertz CT molecular complexity index is 261. The standard InChI is InChI=1S/C10H19N3O2/c1-6(9(11)13-15)10(14)12-7(2)8-4-3-5-8/h6-8,15H,3-5H2,1-2H3,(H2,11,13)(H,12,14). The number of carbonyl (C=O) groups excluding carboxylic acids is 1. The molecule has 1 fully saturated rings. The van der Waals surface area contributed by atoms with E-state index in [1.54, 1.807) is 6.92 Å². The van der Waals surface area contributed by atoms with Crippen molar-refractivity contribution in [1.29, 1.82) is 0 Å². The molecule has 0 spiro atoms. The lowest BCUT2D eigenvalue weighted by molar-refractivity contribution is -0.123. The number of hydrogen-bond acceptors (Lipinski definition) is 3. The third-order valence-corrected chi connectivity index (χ3v) is 3.18. The Morgan fingerprint density at radius 3 is 2.53 bits per heavy atom. The lowest BCUT2D eigenvalue weighted by atomic mass is 9.80. The van der Waals surface area contributed by atoms with Crippen molar-refractivity contribution in [2.24, 2.45) is 22.7 Å². The van der Waals surface area contributed by atoms with E-state index < -0.39 is 5.92 Å². The van der Waals surface area contributed by atoms with Crippen LogP contribution in [0.25, 0.3) is 0 Å². The average molecular weight is 213 g/mol. The van der Waals surface area contributed by atoms with Crippen LogP contribution in [-0.2, 0) is 4.79 Å². The maximum absolute atomic E-state index is 11.6. The molecule has 1 aliphatic carbocycles. The van der Waals surface area contributed by atoms with Gasteiger partial charge < -0.3 is 16.3 Å². The van der Waals surface area contributed by atoms with Gasteiger partial charge in [-0.15, -0.1) is 0 Å². The summed E-state index contributed by atoms with van der Waals surface area (Å²) in [4.78, 5) is 11.6. The van der Waals surface area contributed by atoms with Gasteiger partial charge in [0.25, 0.3) is 0 Å². The molecule has 86 valence electrons. The second kappa shape index (κ2) is 5.00. The van der Waals surface area contributed by atoms with E-state index in [4.69, 9.17) is 10.9 Å². The molecule has 15 heavy (non-hydrogen) atoms. The van der Waals surface area contributed by atoms with E-state index in [9.17, 15) is 4.79 Å². The number of rotatable bonds is 4. The van der Waals surface area contributed by atoms with Crippen molar-refractivity contribution in [1.82, 2.24) is 5.32 Å². The summed E-state index contributed by atoms with van der Waals surface area (Å²) in [7, 11) is 0. The van der Waals surface area contributed by atoms with Gasteiger partial charge in [-0.2, -0.15) is 0 Å². The number of amides is 1. The number of nitrogens with two attached hydrogens (primary N) is 1. The third-order valence-electron chi connectivity index (χ3n) is 3.18. The maximum Gasteiger partial charge on any atom is 0.230 e. The molecule has 0 bridgehead atoms. The Balaban J connectivity index is 2.40. The highest BCUT2D eigenvalue weighted by Gasteiger charge is 2.27. The van der Waals surface area contributed by atoms with Crippen LogP contribution in [0.1, 0.15) is 33.1 Å². The summed E-state index contributed by atoms with van der Waals surface area (Å²) in [6.07, 6.45) is 3.61. The number of carbonyl (C=O) groups is 1. The third kappa shape index (κ3) is 2.84. The van der Waals surface area contributed by atoms with Crippen molar-refractivity contribution < 1.29 is 10.0 Å². The summed E-state index contributed by atoms with van der Waals surface area (Å²) < 4.78 is 0. The average Bonchev–Trinajstić information content (AvgIpc) is 2.12. The highest BCUT2D eigenvalue weighted by atomic mass is 16.4. The van der Waals surface area contributed by atoms with E-state index in [1.807, 2.05) is 6.92 Å². The smallest absolute Gasteiger partial charge is 0.230 e. The highest BCUT2D eigenvalue weighted by molar-refractivity contribution is 6.01. The van der Waals surface area contributed by atoms with Gasteiger partial charge in [0.15, 0.2) is 5.84 Å². The minimum atomic E-state index is -0.572. The molecule has 1 amide bonds. The van der Waals surface area contributed by atoms with Gasteiger partial charge in [-0.25, -0.2) is 0 Å². The maximum atomic E-state index is 11.6. The van der Waals surface area contributed by atoms with Crippen LogP contribution >= 0.6 is 0 Å². The van der Waals surface area contributed by atoms with Crippen LogP contribution in [0.5, 0.6) is 0 Å². The molecule has 1 rings (SSSR count). The van der Waals surface area contributed by atoms with Gasteiger partial charge in [-0.3, -0.25) is 4.79 Å². The first-order valence-corrected chi connectivity index (χ1v) is 5.34. The van der Waals surface area contributed by atoms with Crippen molar-refractivity contribution in [3.8, 4) is 0 Å². The van der Waals surface area contributed by atoms with E-state index >= 15 is 0 Å². The second-order valence-electron chi connectivity index (χ2n) is 4.23. The molecular weight excluding hydrogens is 194 g/mol. The summed E-state index contributed by atoms with van der Waals surface area (Å²) in [5, 5.41) is 14.2. The van der Waals surface area contributed by atoms with Crippen LogP contribution < -0.4 is 11.1 Å². The Labute approximate surface area is 89.7 Å². The monoisotopic (exact) mass is 213 g/mol. The lowest BCUT2D eigenvalue weighted by Gasteiger charge is -2.32. The van der Waals surface area contributed by atoms with Crippen LogP contribution in [-0.4, -0.2) is 23.0 Å². The summed E-state index contributed by atoms with van der Waals surface area (Å²) in [6, 6.07) is 0.181. The molecule has 5 nitrogen and oxygen atoms in total. The van der Waals surface area contributed by atoms with Crippen LogP contribution in [0, 0.1) is 11.8 Å². The largest absolute Gasteiger partial charge is 0.409 e. The number of nitrogens with one attached hydrogen (secondary N) is 1. The zero-order chi connectivity index (χ0) is 11.4. The lowest BCUT2D eigenvalue weighted by Crippen LogP contribution is -2.45. The fraction of sp³-hybridized carbons (Fsp3) is 0.800. The Hall–Kier alpha value is -1.26. The van der Waals surface area contributed by atoms with Crippen LogP contribution in [0.2, 0.25) is 0 Å². The van der Waals surface area contributed by atoms with Crippen LogP contribution in [0.4, 0.5) is 0 Å². The van der Waals surface area contributed by atoms with Gasteiger partial charge in [0.1, 0.15) is 0 Å². The molecule has 0 aliphatic heterocycles. The molecule has 0 aromatic heterocycles. The Morgan fingerprint density at radius 2 is 2.13 bits per heavy atom. The molecule has 1 saturated carbocycles. The van der Waals surface area contributed by atoms with Crippen LogP contribution in [0.15, 0.2) is 5.16 Å². The minimum Gasteiger partial charge on any atom is -0.409 e. The normalized spacial score (nSPS) is 21.6. The first-order chi connectivity index (χ1) is 7.06.